The lowest BCUT2D eigenvalue weighted by atomic mass is 9.79. The summed E-state index contributed by atoms with van der Waals surface area (Å²) in [5.41, 5.74) is 0.392. The van der Waals surface area contributed by atoms with Gasteiger partial charge in [0.05, 0.1) is 12.4 Å². The Labute approximate surface area is 127 Å². The Morgan fingerprint density at radius 1 is 1.24 bits per heavy atom. The zero-order valence-corrected chi connectivity index (χ0v) is 13.2. The van der Waals surface area contributed by atoms with E-state index in [1.165, 1.54) is 6.42 Å². The highest BCUT2D eigenvalue weighted by molar-refractivity contribution is 5.92. The van der Waals surface area contributed by atoms with Crippen LogP contribution in [0.4, 0.5) is 5.82 Å². The molecule has 1 saturated carbocycles. The van der Waals surface area contributed by atoms with Gasteiger partial charge < -0.3 is 10.6 Å². The molecule has 1 amide bonds. The average Bonchev–Trinajstić information content (AvgIpc) is 2.49. The molecule has 2 rings (SSSR count). The van der Waals surface area contributed by atoms with Crippen molar-refractivity contribution >= 4 is 11.7 Å². The van der Waals surface area contributed by atoms with Gasteiger partial charge in [0.1, 0.15) is 11.5 Å². The molecular weight excluding hydrogens is 264 g/mol. The zero-order valence-electron chi connectivity index (χ0n) is 13.2. The molecule has 5 nitrogen and oxygen atoms in total. The predicted molar refractivity (Wildman–Crippen MR) is 84.2 cm³/mol. The summed E-state index contributed by atoms with van der Waals surface area (Å²) in [6.45, 7) is 7.50. The van der Waals surface area contributed by atoms with Crippen molar-refractivity contribution in [1.82, 2.24) is 15.3 Å². The van der Waals surface area contributed by atoms with Gasteiger partial charge in [-0.3, -0.25) is 4.79 Å². The van der Waals surface area contributed by atoms with Gasteiger partial charge in [0.15, 0.2) is 0 Å². The molecule has 21 heavy (non-hydrogen) atoms. The summed E-state index contributed by atoms with van der Waals surface area (Å²) in [5, 5.41) is 6.23. The third-order valence-electron chi connectivity index (χ3n) is 4.37. The van der Waals surface area contributed by atoms with Gasteiger partial charge >= 0.3 is 0 Å². The van der Waals surface area contributed by atoms with Crippen LogP contribution in [0.3, 0.4) is 0 Å². The molecule has 116 valence electrons. The summed E-state index contributed by atoms with van der Waals surface area (Å²) < 4.78 is 0. The number of carbonyl (C=O) groups excluding carboxylic acids is 1. The number of rotatable bonds is 5. The molecule has 0 aromatic carbocycles. The monoisotopic (exact) mass is 290 g/mol. The van der Waals surface area contributed by atoms with Crippen molar-refractivity contribution in [2.45, 2.75) is 52.5 Å². The second-order valence-corrected chi connectivity index (χ2v) is 6.15. The molecule has 1 aromatic heterocycles. The van der Waals surface area contributed by atoms with Crippen LogP contribution in [0.25, 0.3) is 0 Å². The third-order valence-corrected chi connectivity index (χ3v) is 4.37. The van der Waals surface area contributed by atoms with Crippen molar-refractivity contribution in [3.8, 4) is 0 Å². The smallest absolute Gasteiger partial charge is 0.271 e. The number of anilines is 1. The Kier molecular flexibility index (Phi) is 5.53. The van der Waals surface area contributed by atoms with Crippen LogP contribution >= 0.6 is 0 Å². The van der Waals surface area contributed by atoms with Crippen LogP contribution < -0.4 is 10.6 Å². The molecule has 3 atom stereocenters. The third kappa shape index (κ3) is 4.41. The number of aromatic nitrogens is 2. The fourth-order valence-electron chi connectivity index (χ4n) is 2.73. The lowest BCUT2D eigenvalue weighted by molar-refractivity contribution is 0.0905. The lowest BCUT2D eigenvalue weighted by Gasteiger charge is -2.32. The average molecular weight is 290 g/mol. The first-order valence-corrected chi connectivity index (χ1v) is 7.97. The van der Waals surface area contributed by atoms with Crippen LogP contribution in [0.15, 0.2) is 12.4 Å². The maximum atomic E-state index is 12.2. The molecule has 0 radical (unpaired) electrons. The number of nitrogens with zero attached hydrogens (tertiary/aromatic N) is 2. The highest BCUT2D eigenvalue weighted by Crippen LogP contribution is 2.29. The molecule has 1 aromatic rings. The van der Waals surface area contributed by atoms with Crippen LogP contribution in [-0.4, -0.2) is 28.5 Å². The SMILES string of the molecule is CCCNc1cnc(C(=O)NC2CCC(C)C(C)C2)cn1. The molecule has 1 fully saturated rings. The molecule has 5 heteroatoms. The maximum absolute atomic E-state index is 12.2. The van der Waals surface area contributed by atoms with Gasteiger partial charge in [0.25, 0.3) is 5.91 Å². The molecule has 0 saturated heterocycles. The minimum atomic E-state index is -0.115. The summed E-state index contributed by atoms with van der Waals surface area (Å²) >= 11 is 0. The van der Waals surface area contributed by atoms with Gasteiger partial charge in [-0.15, -0.1) is 0 Å². The van der Waals surface area contributed by atoms with Crippen LogP contribution in [0.1, 0.15) is 56.9 Å². The van der Waals surface area contributed by atoms with E-state index in [0.717, 1.165) is 31.7 Å². The lowest BCUT2D eigenvalue weighted by Crippen LogP contribution is -2.40. The summed E-state index contributed by atoms with van der Waals surface area (Å²) in [6.07, 6.45) is 7.48. The molecule has 1 aliphatic rings. The molecule has 0 spiro atoms. The first-order valence-electron chi connectivity index (χ1n) is 7.97. The molecule has 3 unspecified atom stereocenters. The fraction of sp³-hybridized carbons (Fsp3) is 0.688. The van der Waals surface area contributed by atoms with Gasteiger partial charge in [0.2, 0.25) is 0 Å². The maximum Gasteiger partial charge on any atom is 0.271 e. The normalized spacial score (nSPS) is 25.4. The second-order valence-electron chi connectivity index (χ2n) is 6.15. The van der Waals surface area contributed by atoms with E-state index in [1.807, 2.05) is 0 Å². The summed E-state index contributed by atoms with van der Waals surface area (Å²) in [6, 6.07) is 0.267. The van der Waals surface area contributed by atoms with Crippen molar-refractivity contribution < 1.29 is 4.79 Å². The minimum absolute atomic E-state index is 0.115. The first-order chi connectivity index (χ1) is 10.1. The Morgan fingerprint density at radius 3 is 2.67 bits per heavy atom. The van der Waals surface area contributed by atoms with Gasteiger partial charge in [-0.05, 0) is 37.5 Å². The Bertz CT molecular complexity index is 460. The number of nitrogens with one attached hydrogen (secondary N) is 2. The highest BCUT2D eigenvalue weighted by atomic mass is 16.1. The molecular formula is C16H26N4O. The predicted octanol–water partition coefficient (Wildman–Crippen LogP) is 2.85. The molecule has 0 bridgehead atoms. The summed E-state index contributed by atoms with van der Waals surface area (Å²) in [7, 11) is 0. The Hall–Kier alpha value is -1.65. The molecule has 1 aliphatic carbocycles. The van der Waals surface area contributed by atoms with E-state index in [0.29, 0.717) is 17.4 Å². The quantitative estimate of drug-likeness (QED) is 0.875. The van der Waals surface area contributed by atoms with Crippen LogP contribution in [0.5, 0.6) is 0 Å². The van der Waals surface area contributed by atoms with E-state index in [2.05, 4.69) is 41.4 Å². The second kappa shape index (κ2) is 7.38. The zero-order chi connectivity index (χ0) is 15.2. The van der Waals surface area contributed by atoms with Gasteiger partial charge in [-0.1, -0.05) is 20.8 Å². The van der Waals surface area contributed by atoms with Crippen molar-refractivity contribution in [3.05, 3.63) is 18.1 Å². The minimum Gasteiger partial charge on any atom is -0.369 e. The Balaban J connectivity index is 1.88. The molecule has 0 aliphatic heterocycles. The van der Waals surface area contributed by atoms with Crippen LogP contribution in [0, 0.1) is 11.8 Å². The summed E-state index contributed by atoms with van der Waals surface area (Å²) in [5.74, 6) is 2.02. The van der Waals surface area contributed by atoms with Crippen molar-refractivity contribution in [3.63, 3.8) is 0 Å². The van der Waals surface area contributed by atoms with E-state index in [1.54, 1.807) is 12.4 Å². The van der Waals surface area contributed by atoms with Crippen molar-refractivity contribution in [2.24, 2.45) is 11.8 Å². The fourth-order valence-corrected chi connectivity index (χ4v) is 2.73. The Morgan fingerprint density at radius 2 is 2.05 bits per heavy atom. The molecule has 2 N–H and O–H groups in total. The van der Waals surface area contributed by atoms with Crippen LogP contribution in [0.2, 0.25) is 0 Å². The topological polar surface area (TPSA) is 66.9 Å². The van der Waals surface area contributed by atoms with E-state index in [-0.39, 0.29) is 11.9 Å². The van der Waals surface area contributed by atoms with Crippen molar-refractivity contribution in [1.29, 1.82) is 0 Å². The number of hydrogen-bond donors (Lipinski definition) is 2. The van der Waals surface area contributed by atoms with E-state index >= 15 is 0 Å². The number of amides is 1. The van der Waals surface area contributed by atoms with Crippen molar-refractivity contribution in [2.75, 3.05) is 11.9 Å². The van der Waals surface area contributed by atoms with E-state index in [4.69, 9.17) is 0 Å². The summed E-state index contributed by atoms with van der Waals surface area (Å²) in [4.78, 5) is 20.6. The van der Waals surface area contributed by atoms with Crippen LogP contribution in [-0.2, 0) is 0 Å². The van der Waals surface area contributed by atoms with E-state index < -0.39 is 0 Å². The standard InChI is InChI=1S/C16H26N4O/c1-4-7-17-15-10-18-14(9-19-15)16(21)20-13-6-5-11(2)12(3)8-13/h9-13H,4-8H2,1-3H3,(H,17,19)(H,20,21). The van der Waals surface area contributed by atoms with E-state index in [9.17, 15) is 4.79 Å². The van der Waals surface area contributed by atoms with Gasteiger partial charge in [-0.2, -0.15) is 0 Å². The van der Waals surface area contributed by atoms with Gasteiger partial charge in [0, 0.05) is 12.6 Å². The van der Waals surface area contributed by atoms with Gasteiger partial charge in [-0.25, -0.2) is 9.97 Å². The molecule has 1 heterocycles. The number of carbonyl (C=O) groups is 1. The largest absolute Gasteiger partial charge is 0.369 e. The first kappa shape index (κ1) is 15.7. The highest BCUT2D eigenvalue weighted by Gasteiger charge is 2.26. The number of hydrogen-bond acceptors (Lipinski definition) is 4.